The number of amides is 2. The number of nitrogens with two attached hydrogens (primary N) is 1. The molecule has 1 aromatic carbocycles. The van der Waals surface area contributed by atoms with E-state index in [1.165, 1.54) is 4.90 Å². The first-order valence-corrected chi connectivity index (χ1v) is 12.7. The molecule has 1 saturated carbocycles. The van der Waals surface area contributed by atoms with Crippen LogP contribution in [0.25, 0.3) is 0 Å². The molecule has 0 radical (unpaired) electrons. The van der Waals surface area contributed by atoms with E-state index in [4.69, 9.17) is 22.1 Å². The molecule has 3 N–H and O–H groups in total. The van der Waals surface area contributed by atoms with E-state index in [2.05, 4.69) is 15.3 Å². The van der Waals surface area contributed by atoms with Gasteiger partial charge in [-0.25, -0.2) is 4.99 Å². The fourth-order valence-electron chi connectivity index (χ4n) is 5.54. The van der Waals surface area contributed by atoms with Gasteiger partial charge in [-0.3, -0.25) is 19.5 Å². The zero-order valence-electron chi connectivity index (χ0n) is 21.0. The van der Waals surface area contributed by atoms with Crippen LogP contribution in [0.15, 0.2) is 47.7 Å². The number of aromatic nitrogens is 1. The molecule has 2 aromatic rings. The Bertz CT molecular complexity index is 1240. The van der Waals surface area contributed by atoms with E-state index in [0.717, 1.165) is 16.9 Å². The number of ether oxygens (including phenoxy) is 1. The van der Waals surface area contributed by atoms with E-state index >= 15 is 0 Å². The summed E-state index contributed by atoms with van der Waals surface area (Å²) < 4.78 is 6.11. The highest BCUT2D eigenvalue weighted by Crippen LogP contribution is 2.52. The number of aliphatic imine (C=N–C) groups is 1. The molecular weight excluding hydrogens is 478 g/mol. The Morgan fingerprint density at radius 1 is 1.25 bits per heavy atom. The van der Waals surface area contributed by atoms with E-state index in [1.807, 2.05) is 52.0 Å². The largest absolute Gasteiger partial charge is 0.487 e. The Morgan fingerprint density at radius 3 is 2.72 bits per heavy atom. The van der Waals surface area contributed by atoms with Gasteiger partial charge in [-0.15, -0.1) is 0 Å². The number of hydrogen-bond donors (Lipinski definition) is 2. The minimum atomic E-state index is -0.571. The number of halogens is 1. The van der Waals surface area contributed by atoms with Gasteiger partial charge in [0.25, 0.3) is 0 Å². The molecule has 0 spiro atoms. The summed E-state index contributed by atoms with van der Waals surface area (Å²) in [4.78, 5) is 37.1. The van der Waals surface area contributed by atoms with Crippen molar-refractivity contribution >= 4 is 29.4 Å². The van der Waals surface area contributed by atoms with Crippen molar-refractivity contribution in [2.45, 2.75) is 70.2 Å². The maximum absolute atomic E-state index is 13.5. The number of guanidine groups is 1. The lowest BCUT2D eigenvalue weighted by Gasteiger charge is -2.38. The molecule has 190 valence electrons. The molecule has 0 saturated heterocycles. The van der Waals surface area contributed by atoms with Gasteiger partial charge in [-0.05, 0) is 57.7 Å². The Labute approximate surface area is 216 Å². The van der Waals surface area contributed by atoms with Gasteiger partial charge in [0.05, 0.1) is 29.1 Å². The van der Waals surface area contributed by atoms with Crippen molar-refractivity contribution in [3.8, 4) is 5.75 Å². The number of nitrogens with one attached hydrogen (secondary N) is 1. The number of carbonyl (C=O) groups is 2. The molecule has 5 rings (SSSR count). The Morgan fingerprint density at radius 2 is 2.00 bits per heavy atom. The summed E-state index contributed by atoms with van der Waals surface area (Å²) in [5, 5.41) is 3.71. The molecule has 36 heavy (non-hydrogen) atoms. The molecule has 1 unspecified atom stereocenters. The summed E-state index contributed by atoms with van der Waals surface area (Å²) >= 11 is 6.25. The number of nitrogens with zero attached hydrogens (tertiary/aromatic N) is 3. The number of benzene rings is 1. The van der Waals surface area contributed by atoms with Crippen molar-refractivity contribution < 1.29 is 14.3 Å². The fourth-order valence-corrected chi connectivity index (χ4v) is 5.72. The molecule has 3 heterocycles. The standard InChI is InChI=1S/C27H32ClN5O3/c1-26(2)12-22(34)33(25(29)32-26)23(15-9-16(28)14-30-13-15)18-10-19(18)24(35)31-20-11-27(3,4)36-21-8-6-5-7-17(20)21/h5-9,13-14,18-20,23H,10-12H2,1-4H3,(H2,29,32)(H,31,35)/t18-,19?,20-,23+/m0/s1. The van der Waals surface area contributed by atoms with Crippen molar-refractivity contribution in [3.63, 3.8) is 0 Å². The summed E-state index contributed by atoms with van der Waals surface area (Å²) in [6.07, 6.45) is 4.74. The third-order valence-electron chi connectivity index (χ3n) is 7.14. The smallest absolute Gasteiger partial charge is 0.232 e. The monoisotopic (exact) mass is 509 g/mol. The van der Waals surface area contributed by atoms with E-state index in [-0.39, 0.29) is 42.1 Å². The summed E-state index contributed by atoms with van der Waals surface area (Å²) in [5.41, 5.74) is 7.07. The minimum Gasteiger partial charge on any atom is -0.487 e. The fraction of sp³-hybridized carbons (Fsp3) is 0.481. The minimum absolute atomic E-state index is 0.0437. The molecule has 1 aliphatic carbocycles. The van der Waals surface area contributed by atoms with Crippen LogP contribution in [0.2, 0.25) is 5.02 Å². The van der Waals surface area contributed by atoms with Gasteiger partial charge in [0.15, 0.2) is 5.96 Å². The summed E-state index contributed by atoms with van der Waals surface area (Å²) in [5.74, 6) is 0.378. The molecule has 8 nitrogen and oxygen atoms in total. The van der Waals surface area contributed by atoms with Crippen LogP contribution in [0, 0.1) is 11.8 Å². The number of para-hydroxylation sites is 1. The normalized spacial score (nSPS) is 26.8. The molecule has 2 amide bonds. The van der Waals surface area contributed by atoms with Gasteiger partial charge in [0.1, 0.15) is 11.4 Å². The first-order chi connectivity index (χ1) is 16.9. The van der Waals surface area contributed by atoms with Crippen LogP contribution >= 0.6 is 11.6 Å². The highest BCUT2D eigenvalue weighted by Gasteiger charge is 2.53. The van der Waals surface area contributed by atoms with Crippen molar-refractivity contribution in [1.29, 1.82) is 0 Å². The third-order valence-corrected chi connectivity index (χ3v) is 7.34. The van der Waals surface area contributed by atoms with Crippen molar-refractivity contribution in [2.24, 2.45) is 22.6 Å². The maximum atomic E-state index is 13.5. The number of carbonyl (C=O) groups excluding carboxylic acids is 2. The second-order valence-electron chi connectivity index (χ2n) is 11.3. The highest BCUT2D eigenvalue weighted by molar-refractivity contribution is 6.30. The van der Waals surface area contributed by atoms with Gasteiger partial charge >= 0.3 is 0 Å². The van der Waals surface area contributed by atoms with Gasteiger partial charge in [-0.2, -0.15) is 0 Å². The molecule has 3 aliphatic rings. The number of hydrogen-bond acceptors (Lipinski definition) is 6. The lowest BCUT2D eigenvalue weighted by atomic mass is 9.89. The third kappa shape index (κ3) is 4.78. The van der Waals surface area contributed by atoms with Gasteiger partial charge in [0.2, 0.25) is 11.8 Å². The molecule has 4 atom stereocenters. The molecule has 2 aliphatic heterocycles. The van der Waals surface area contributed by atoms with Gasteiger partial charge in [-0.1, -0.05) is 29.8 Å². The molecule has 9 heteroatoms. The van der Waals surface area contributed by atoms with Crippen LogP contribution in [0.4, 0.5) is 0 Å². The predicted molar refractivity (Wildman–Crippen MR) is 137 cm³/mol. The van der Waals surface area contributed by atoms with E-state index in [9.17, 15) is 9.59 Å². The van der Waals surface area contributed by atoms with Crippen LogP contribution < -0.4 is 15.8 Å². The zero-order valence-corrected chi connectivity index (χ0v) is 21.7. The Kier molecular flexibility index (Phi) is 5.98. The van der Waals surface area contributed by atoms with Crippen LogP contribution in [0.1, 0.15) is 70.2 Å². The first-order valence-electron chi connectivity index (χ1n) is 12.3. The van der Waals surface area contributed by atoms with Crippen LogP contribution in [-0.2, 0) is 9.59 Å². The molecule has 1 fully saturated rings. The second kappa shape index (κ2) is 8.76. The average Bonchev–Trinajstić information content (AvgIpc) is 3.55. The lowest BCUT2D eigenvalue weighted by Crippen LogP contribution is -2.52. The summed E-state index contributed by atoms with van der Waals surface area (Å²) in [7, 11) is 0. The van der Waals surface area contributed by atoms with Crippen LogP contribution in [0.5, 0.6) is 5.75 Å². The van der Waals surface area contributed by atoms with Crippen molar-refractivity contribution in [2.75, 3.05) is 0 Å². The topological polar surface area (TPSA) is 110 Å². The van der Waals surface area contributed by atoms with E-state index < -0.39 is 17.2 Å². The predicted octanol–water partition coefficient (Wildman–Crippen LogP) is 4.16. The SMILES string of the molecule is CC1(C)CC(=O)N([C@H](c2cncc(Cl)c2)[C@H]2CC2C(=O)N[C@H]2CC(C)(C)Oc3ccccc32)C(N)=N1. The first kappa shape index (κ1) is 24.6. The van der Waals surface area contributed by atoms with Gasteiger partial charge < -0.3 is 15.8 Å². The Hall–Kier alpha value is -3.13. The number of rotatable bonds is 5. The van der Waals surface area contributed by atoms with Gasteiger partial charge in [0, 0.05) is 30.3 Å². The highest BCUT2D eigenvalue weighted by atomic mass is 35.5. The van der Waals surface area contributed by atoms with Crippen molar-refractivity contribution in [1.82, 2.24) is 15.2 Å². The van der Waals surface area contributed by atoms with Crippen LogP contribution in [0.3, 0.4) is 0 Å². The van der Waals surface area contributed by atoms with E-state index in [0.29, 0.717) is 17.9 Å². The maximum Gasteiger partial charge on any atom is 0.232 e. The molecule has 1 aromatic heterocycles. The number of fused-ring (bicyclic) bond motifs is 1. The summed E-state index contributed by atoms with van der Waals surface area (Å²) in [6.45, 7) is 7.81. The van der Waals surface area contributed by atoms with E-state index in [1.54, 1.807) is 18.5 Å². The quantitative estimate of drug-likeness (QED) is 0.629. The lowest BCUT2D eigenvalue weighted by molar-refractivity contribution is -0.132. The van der Waals surface area contributed by atoms with Crippen LogP contribution in [-0.4, -0.2) is 38.8 Å². The second-order valence-corrected chi connectivity index (χ2v) is 11.7. The Balaban J connectivity index is 1.41. The number of pyridine rings is 1. The average molecular weight is 510 g/mol. The molecule has 0 bridgehead atoms. The molecular formula is C27H32ClN5O3. The summed E-state index contributed by atoms with van der Waals surface area (Å²) in [6, 6.07) is 8.96. The van der Waals surface area contributed by atoms with Crippen molar-refractivity contribution in [3.05, 3.63) is 58.9 Å². The zero-order chi connectivity index (χ0) is 25.8.